The topological polar surface area (TPSA) is 126 Å². The van der Waals surface area contributed by atoms with E-state index in [1.807, 2.05) is 19.2 Å². The van der Waals surface area contributed by atoms with Gasteiger partial charge < -0.3 is 9.72 Å². The third-order valence-corrected chi connectivity index (χ3v) is 6.26. The number of sulfonamides is 1. The largest absolute Gasteiger partial charge is 0.417 e. The van der Waals surface area contributed by atoms with E-state index in [1.165, 1.54) is 30.7 Å². The molecule has 0 aliphatic carbocycles. The van der Waals surface area contributed by atoms with Gasteiger partial charge in [0.05, 0.1) is 28.6 Å². The minimum absolute atomic E-state index is 0.00299. The van der Waals surface area contributed by atoms with Gasteiger partial charge in [-0.3, -0.25) is 10.0 Å². The number of H-pyrrole nitrogens is 1. The number of rotatable bonds is 6. The van der Waals surface area contributed by atoms with Crippen molar-refractivity contribution in [1.82, 2.24) is 15.0 Å². The van der Waals surface area contributed by atoms with Crippen molar-refractivity contribution in [2.24, 2.45) is 0 Å². The van der Waals surface area contributed by atoms with Gasteiger partial charge >= 0.3 is 6.09 Å². The normalized spacial score (nSPS) is 11.6. The van der Waals surface area contributed by atoms with Gasteiger partial charge in [0.1, 0.15) is 11.5 Å². The van der Waals surface area contributed by atoms with E-state index in [1.54, 1.807) is 12.1 Å². The molecule has 0 spiro atoms. The lowest BCUT2D eigenvalue weighted by molar-refractivity contribution is 0.215. The van der Waals surface area contributed by atoms with Gasteiger partial charge in [-0.15, -0.1) is 0 Å². The Bertz CT molecular complexity index is 1470. The maximum Gasteiger partial charge on any atom is 0.417 e. The molecule has 34 heavy (non-hydrogen) atoms. The van der Waals surface area contributed by atoms with Crippen LogP contribution >= 0.6 is 0 Å². The van der Waals surface area contributed by atoms with Crippen molar-refractivity contribution in [3.8, 4) is 5.75 Å². The first kappa shape index (κ1) is 23.1. The predicted octanol–water partition coefficient (Wildman–Crippen LogP) is 4.77. The highest BCUT2D eigenvalue weighted by Gasteiger charge is 2.22. The number of imidazole rings is 1. The Morgan fingerprint density at radius 2 is 1.82 bits per heavy atom. The third-order valence-electron chi connectivity index (χ3n) is 4.88. The second-order valence-electron chi connectivity index (χ2n) is 7.57. The first-order valence-corrected chi connectivity index (χ1v) is 11.5. The molecule has 176 valence electrons. The molecule has 4 aromatic rings. The number of ether oxygens (including phenoxy) is 1. The summed E-state index contributed by atoms with van der Waals surface area (Å²) in [5.74, 6) is -2.25. The van der Waals surface area contributed by atoms with Gasteiger partial charge in [-0.05, 0) is 35.7 Å². The van der Waals surface area contributed by atoms with Crippen LogP contribution in [0.3, 0.4) is 0 Å². The molecule has 0 aliphatic heterocycles. The summed E-state index contributed by atoms with van der Waals surface area (Å²) in [6.45, 7) is 3.92. The number of anilines is 2. The smallest absolute Gasteiger partial charge is 0.408 e. The Morgan fingerprint density at radius 1 is 1.09 bits per heavy atom. The number of hydrogen-bond donors (Lipinski definition) is 3. The molecule has 0 atom stereocenters. The maximum absolute atomic E-state index is 15.0. The van der Waals surface area contributed by atoms with Crippen molar-refractivity contribution < 1.29 is 26.7 Å². The zero-order valence-corrected chi connectivity index (χ0v) is 18.8. The van der Waals surface area contributed by atoms with Gasteiger partial charge in [-0.2, -0.15) is 0 Å². The Balaban J connectivity index is 1.53. The van der Waals surface area contributed by atoms with Gasteiger partial charge in [-0.1, -0.05) is 26.0 Å². The summed E-state index contributed by atoms with van der Waals surface area (Å²) in [4.78, 5) is 22.8. The molecule has 0 unspecified atom stereocenters. The molecule has 0 saturated heterocycles. The second kappa shape index (κ2) is 9.06. The monoisotopic (exact) mass is 487 g/mol. The number of benzene rings is 2. The van der Waals surface area contributed by atoms with Crippen molar-refractivity contribution in [2.45, 2.75) is 24.7 Å². The molecular formula is C22H19F2N5O4S. The molecule has 2 heterocycles. The minimum Gasteiger partial charge on any atom is -0.408 e. The second-order valence-corrected chi connectivity index (χ2v) is 9.25. The number of amides is 1. The van der Waals surface area contributed by atoms with E-state index in [4.69, 9.17) is 4.74 Å². The van der Waals surface area contributed by atoms with Crippen LogP contribution < -0.4 is 14.8 Å². The van der Waals surface area contributed by atoms with E-state index in [2.05, 4.69) is 19.7 Å². The number of nitrogens with zero attached hydrogens (tertiary/aromatic N) is 2. The van der Waals surface area contributed by atoms with Crippen LogP contribution in [0.15, 0.2) is 59.9 Å². The standard InChI is InChI=1S/C22H19F2N5O4S/c1-12(2)13-3-5-15(6-4-13)34(31,32)29-17-8-7-16(23)20(19(17)24)28-22(30)33-14-9-18-21(25-10-14)27-11-26-18/h3-12,29H,1-2H3,(H,28,30)(H,25,26,27). The zero-order valence-electron chi connectivity index (χ0n) is 18.0. The summed E-state index contributed by atoms with van der Waals surface area (Å²) in [7, 11) is -4.17. The average molecular weight is 487 g/mol. The number of aromatic nitrogens is 3. The van der Waals surface area contributed by atoms with E-state index in [0.717, 1.165) is 17.7 Å². The number of halogens is 2. The van der Waals surface area contributed by atoms with E-state index >= 15 is 0 Å². The molecule has 0 aliphatic rings. The lowest BCUT2D eigenvalue weighted by Crippen LogP contribution is -2.20. The van der Waals surface area contributed by atoms with E-state index < -0.39 is 39.1 Å². The van der Waals surface area contributed by atoms with E-state index in [0.29, 0.717) is 11.2 Å². The lowest BCUT2D eigenvalue weighted by Gasteiger charge is -2.14. The van der Waals surface area contributed by atoms with Crippen LogP contribution in [0.2, 0.25) is 0 Å². The molecule has 3 N–H and O–H groups in total. The van der Waals surface area contributed by atoms with Crippen molar-refractivity contribution in [3.63, 3.8) is 0 Å². The average Bonchev–Trinajstić information content (AvgIpc) is 3.26. The molecule has 2 aromatic carbocycles. The summed E-state index contributed by atoms with van der Waals surface area (Å²) >= 11 is 0. The fourth-order valence-electron chi connectivity index (χ4n) is 3.08. The maximum atomic E-state index is 15.0. The lowest BCUT2D eigenvalue weighted by atomic mass is 10.0. The molecule has 0 bridgehead atoms. The summed E-state index contributed by atoms with van der Waals surface area (Å²) in [6, 6.07) is 9.24. The van der Waals surface area contributed by atoms with Gasteiger partial charge in [0, 0.05) is 6.07 Å². The molecule has 0 saturated carbocycles. The Morgan fingerprint density at radius 3 is 2.53 bits per heavy atom. The van der Waals surface area contributed by atoms with Gasteiger partial charge in [0.15, 0.2) is 17.2 Å². The predicted molar refractivity (Wildman–Crippen MR) is 121 cm³/mol. The molecule has 4 rings (SSSR count). The molecule has 2 aromatic heterocycles. The minimum atomic E-state index is -4.17. The highest BCUT2D eigenvalue weighted by atomic mass is 32.2. The van der Waals surface area contributed by atoms with Gasteiger partial charge in [0.25, 0.3) is 10.0 Å². The summed E-state index contributed by atoms with van der Waals surface area (Å²) < 4.78 is 61.7. The van der Waals surface area contributed by atoms with E-state index in [9.17, 15) is 22.0 Å². The number of aromatic amines is 1. The van der Waals surface area contributed by atoms with Crippen molar-refractivity contribution >= 4 is 38.7 Å². The van der Waals surface area contributed by atoms with Crippen LogP contribution in [0, 0.1) is 11.6 Å². The molecule has 0 radical (unpaired) electrons. The molecular weight excluding hydrogens is 468 g/mol. The van der Waals surface area contributed by atoms with Crippen LogP contribution in [-0.4, -0.2) is 29.5 Å². The van der Waals surface area contributed by atoms with Crippen LogP contribution in [0.1, 0.15) is 25.3 Å². The highest BCUT2D eigenvalue weighted by Crippen LogP contribution is 2.28. The summed E-state index contributed by atoms with van der Waals surface area (Å²) in [5.41, 5.74) is 0.379. The Labute approximate surface area is 193 Å². The van der Waals surface area contributed by atoms with Crippen molar-refractivity contribution in [3.05, 3.63) is 72.2 Å². The molecule has 12 heteroatoms. The van der Waals surface area contributed by atoms with Crippen LogP contribution in [0.25, 0.3) is 11.2 Å². The number of carbonyl (C=O) groups excluding carboxylic acids is 1. The Hall–Kier alpha value is -4.06. The highest BCUT2D eigenvalue weighted by molar-refractivity contribution is 7.92. The van der Waals surface area contributed by atoms with Crippen molar-refractivity contribution in [2.75, 3.05) is 10.0 Å². The van der Waals surface area contributed by atoms with Gasteiger partial charge in [-0.25, -0.2) is 32.0 Å². The van der Waals surface area contributed by atoms with Crippen LogP contribution in [0.5, 0.6) is 5.75 Å². The molecule has 9 nitrogen and oxygen atoms in total. The fourth-order valence-corrected chi connectivity index (χ4v) is 4.14. The summed E-state index contributed by atoms with van der Waals surface area (Å²) in [5, 5.41) is 1.96. The number of pyridine rings is 1. The van der Waals surface area contributed by atoms with Crippen LogP contribution in [0.4, 0.5) is 25.0 Å². The SMILES string of the molecule is CC(C)c1ccc(S(=O)(=O)Nc2ccc(F)c(NC(=O)Oc3cnc4nc[nH]c4c3)c2F)cc1. The zero-order chi connectivity index (χ0) is 24.5. The molecule has 0 fully saturated rings. The van der Waals surface area contributed by atoms with E-state index in [-0.39, 0.29) is 16.6 Å². The van der Waals surface area contributed by atoms with Crippen molar-refractivity contribution in [1.29, 1.82) is 0 Å². The molecule has 1 amide bonds. The number of hydrogen-bond acceptors (Lipinski definition) is 6. The quantitative estimate of drug-likeness (QED) is 0.360. The first-order valence-electron chi connectivity index (χ1n) is 10.0. The summed E-state index contributed by atoms with van der Waals surface area (Å²) in [6.07, 6.45) is 1.41. The number of carbonyl (C=O) groups is 1. The number of nitrogens with one attached hydrogen (secondary N) is 3. The van der Waals surface area contributed by atoms with Crippen LogP contribution in [-0.2, 0) is 10.0 Å². The number of fused-ring (bicyclic) bond motifs is 1. The fraction of sp³-hybridized carbons (Fsp3) is 0.136. The third kappa shape index (κ3) is 4.81. The van der Waals surface area contributed by atoms with Gasteiger partial charge in [0.2, 0.25) is 0 Å². The first-order chi connectivity index (χ1) is 16.1. The Kier molecular flexibility index (Phi) is 6.16.